The van der Waals surface area contributed by atoms with Gasteiger partial charge in [-0.05, 0) is 39.5 Å². The van der Waals surface area contributed by atoms with Crippen LogP contribution in [0.4, 0.5) is 4.79 Å². The van der Waals surface area contributed by atoms with Crippen LogP contribution in [0.15, 0.2) is 0 Å². The Morgan fingerprint density at radius 2 is 1.42 bits per heavy atom. The van der Waals surface area contributed by atoms with E-state index in [1.807, 2.05) is 27.7 Å². The zero-order valence-corrected chi connectivity index (χ0v) is 12.4. The average Bonchev–Trinajstić information content (AvgIpc) is 2.30. The molecule has 110 valence electrons. The second-order valence-corrected chi connectivity index (χ2v) is 5.81. The van der Waals surface area contributed by atoms with Crippen LogP contribution in [-0.2, 0) is 9.53 Å². The van der Waals surface area contributed by atoms with Gasteiger partial charge in [0.25, 0.3) is 0 Å². The standard InChI is InChI=1S/C14H26N2O3/c1-9(2)13(17)15-11-5-7-12(8-6-11)16-14(18)19-10(3)4/h9-12H,5-8H2,1-4H3,(H,15,17)(H,16,18)/t11-,12-. The van der Waals surface area contributed by atoms with Crippen molar-refractivity contribution in [1.82, 2.24) is 10.6 Å². The van der Waals surface area contributed by atoms with Gasteiger partial charge < -0.3 is 15.4 Å². The van der Waals surface area contributed by atoms with Crippen molar-refractivity contribution in [3.8, 4) is 0 Å². The predicted octanol–water partition coefficient (Wildman–Crippen LogP) is 2.20. The summed E-state index contributed by atoms with van der Waals surface area (Å²) in [6.45, 7) is 7.45. The lowest BCUT2D eigenvalue weighted by molar-refractivity contribution is -0.124. The summed E-state index contributed by atoms with van der Waals surface area (Å²) >= 11 is 0. The quantitative estimate of drug-likeness (QED) is 0.823. The van der Waals surface area contributed by atoms with Crippen LogP contribution in [0.1, 0.15) is 53.4 Å². The van der Waals surface area contributed by atoms with Crippen LogP contribution in [0.2, 0.25) is 0 Å². The molecule has 0 spiro atoms. The average molecular weight is 270 g/mol. The van der Waals surface area contributed by atoms with Gasteiger partial charge in [-0.2, -0.15) is 0 Å². The Morgan fingerprint density at radius 3 is 1.84 bits per heavy atom. The molecule has 1 aliphatic carbocycles. The van der Waals surface area contributed by atoms with Gasteiger partial charge in [0.15, 0.2) is 0 Å². The van der Waals surface area contributed by atoms with Crippen molar-refractivity contribution >= 4 is 12.0 Å². The largest absolute Gasteiger partial charge is 0.447 e. The molecule has 0 unspecified atom stereocenters. The smallest absolute Gasteiger partial charge is 0.407 e. The highest BCUT2D eigenvalue weighted by Gasteiger charge is 2.24. The molecule has 1 fully saturated rings. The van der Waals surface area contributed by atoms with Crippen molar-refractivity contribution in [2.24, 2.45) is 5.92 Å². The van der Waals surface area contributed by atoms with Crippen LogP contribution in [0.3, 0.4) is 0 Å². The molecule has 1 rings (SSSR count). The van der Waals surface area contributed by atoms with Crippen molar-refractivity contribution < 1.29 is 14.3 Å². The maximum atomic E-state index is 11.6. The van der Waals surface area contributed by atoms with E-state index in [1.165, 1.54) is 0 Å². The topological polar surface area (TPSA) is 67.4 Å². The maximum absolute atomic E-state index is 11.6. The van der Waals surface area contributed by atoms with E-state index in [9.17, 15) is 9.59 Å². The second kappa shape index (κ2) is 7.36. The number of carbonyl (C=O) groups is 2. The van der Waals surface area contributed by atoms with Gasteiger partial charge in [0.1, 0.15) is 0 Å². The van der Waals surface area contributed by atoms with Gasteiger partial charge in [-0.3, -0.25) is 4.79 Å². The fourth-order valence-electron chi connectivity index (χ4n) is 2.16. The number of hydrogen-bond donors (Lipinski definition) is 2. The number of rotatable bonds is 4. The minimum Gasteiger partial charge on any atom is -0.447 e. The summed E-state index contributed by atoms with van der Waals surface area (Å²) in [5.41, 5.74) is 0. The molecule has 0 aliphatic heterocycles. The third-order valence-corrected chi connectivity index (χ3v) is 3.26. The Kier molecular flexibility index (Phi) is 6.12. The summed E-state index contributed by atoms with van der Waals surface area (Å²) in [6, 6.07) is 0.410. The highest BCUT2D eigenvalue weighted by Crippen LogP contribution is 2.19. The van der Waals surface area contributed by atoms with E-state index < -0.39 is 0 Å². The molecular weight excluding hydrogens is 244 g/mol. The van der Waals surface area contributed by atoms with E-state index in [0.29, 0.717) is 0 Å². The van der Waals surface area contributed by atoms with Gasteiger partial charge in [0.05, 0.1) is 6.10 Å². The molecule has 0 atom stereocenters. The fourth-order valence-corrected chi connectivity index (χ4v) is 2.16. The van der Waals surface area contributed by atoms with Crippen LogP contribution in [-0.4, -0.2) is 30.2 Å². The second-order valence-electron chi connectivity index (χ2n) is 5.81. The first kappa shape index (κ1) is 15.8. The van der Waals surface area contributed by atoms with Crippen LogP contribution in [0.25, 0.3) is 0 Å². The fraction of sp³-hybridized carbons (Fsp3) is 0.857. The van der Waals surface area contributed by atoms with Crippen molar-refractivity contribution in [1.29, 1.82) is 0 Å². The number of nitrogens with one attached hydrogen (secondary N) is 2. The summed E-state index contributed by atoms with van der Waals surface area (Å²) in [7, 11) is 0. The third kappa shape index (κ3) is 5.94. The lowest BCUT2D eigenvalue weighted by Crippen LogP contribution is -2.45. The van der Waals surface area contributed by atoms with Gasteiger partial charge >= 0.3 is 6.09 Å². The molecule has 2 N–H and O–H groups in total. The number of alkyl carbamates (subject to hydrolysis) is 1. The minimum absolute atomic E-state index is 0.0249. The highest BCUT2D eigenvalue weighted by molar-refractivity contribution is 5.78. The van der Waals surface area contributed by atoms with Crippen molar-refractivity contribution in [2.75, 3.05) is 0 Å². The zero-order valence-electron chi connectivity index (χ0n) is 12.4. The molecule has 1 aliphatic rings. The van der Waals surface area contributed by atoms with Crippen LogP contribution >= 0.6 is 0 Å². The van der Waals surface area contributed by atoms with E-state index in [2.05, 4.69) is 10.6 Å². The molecule has 0 radical (unpaired) electrons. The number of amides is 2. The molecule has 2 amide bonds. The summed E-state index contributed by atoms with van der Waals surface area (Å²) in [5, 5.41) is 5.91. The molecule has 0 heterocycles. The Hall–Kier alpha value is -1.26. The Morgan fingerprint density at radius 1 is 0.947 bits per heavy atom. The van der Waals surface area contributed by atoms with E-state index in [-0.39, 0.29) is 36.1 Å². The summed E-state index contributed by atoms with van der Waals surface area (Å²) < 4.78 is 5.06. The van der Waals surface area contributed by atoms with Gasteiger partial charge in [0.2, 0.25) is 5.91 Å². The highest BCUT2D eigenvalue weighted by atomic mass is 16.6. The Balaban J connectivity index is 2.25. The summed E-state index contributed by atoms with van der Waals surface area (Å²) in [6.07, 6.45) is 3.15. The maximum Gasteiger partial charge on any atom is 0.407 e. The third-order valence-electron chi connectivity index (χ3n) is 3.26. The van der Waals surface area contributed by atoms with Gasteiger partial charge in [-0.15, -0.1) is 0 Å². The Labute approximate surface area is 115 Å². The zero-order chi connectivity index (χ0) is 14.4. The van der Waals surface area contributed by atoms with E-state index in [0.717, 1.165) is 25.7 Å². The van der Waals surface area contributed by atoms with E-state index in [1.54, 1.807) is 0 Å². The molecule has 1 saturated carbocycles. The number of hydrogen-bond acceptors (Lipinski definition) is 3. The van der Waals surface area contributed by atoms with Crippen LogP contribution < -0.4 is 10.6 Å². The lowest BCUT2D eigenvalue weighted by atomic mass is 9.91. The first-order valence-corrected chi connectivity index (χ1v) is 7.16. The van der Waals surface area contributed by atoms with Gasteiger partial charge in [-0.25, -0.2) is 4.79 Å². The predicted molar refractivity (Wildman–Crippen MR) is 73.8 cm³/mol. The Bertz CT molecular complexity index is 308. The molecule has 0 aromatic heterocycles. The summed E-state index contributed by atoms with van der Waals surface area (Å²) in [4.78, 5) is 23.1. The van der Waals surface area contributed by atoms with Crippen LogP contribution in [0.5, 0.6) is 0 Å². The number of ether oxygens (including phenoxy) is 1. The molecule has 0 aromatic rings. The van der Waals surface area contributed by atoms with Gasteiger partial charge in [0, 0.05) is 18.0 Å². The van der Waals surface area contributed by atoms with E-state index in [4.69, 9.17) is 4.74 Å². The minimum atomic E-state index is -0.343. The molecule has 0 saturated heterocycles. The van der Waals surface area contributed by atoms with Crippen LogP contribution in [0, 0.1) is 5.92 Å². The van der Waals surface area contributed by atoms with Gasteiger partial charge in [-0.1, -0.05) is 13.8 Å². The molecule has 5 heteroatoms. The lowest BCUT2D eigenvalue weighted by Gasteiger charge is -2.30. The monoisotopic (exact) mass is 270 g/mol. The normalized spacial score (nSPS) is 23.3. The first-order valence-electron chi connectivity index (χ1n) is 7.16. The first-order chi connectivity index (χ1) is 8.88. The van der Waals surface area contributed by atoms with E-state index >= 15 is 0 Å². The molecule has 0 bridgehead atoms. The molecule has 19 heavy (non-hydrogen) atoms. The molecule has 0 aromatic carbocycles. The SMILES string of the molecule is CC(C)OC(=O)N[C@H]1CC[C@H](NC(=O)C(C)C)CC1. The molecule has 5 nitrogen and oxygen atoms in total. The molecular formula is C14H26N2O3. The number of carbonyl (C=O) groups excluding carboxylic acids is 2. The van der Waals surface area contributed by atoms with Crippen molar-refractivity contribution in [3.05, 3.63) is 0 Å². The van der Waals surface area contributed by atoms with Crippen molar-refractivity contribution in [3.63, 3.8) is 0 Å². The van der Waals surface area contributed by atoms with Crippen molar-refractivity contribution in [2.45, 2.75) is 71.6 Å². The summed E-state index contributed by atoms with van der Waals surface area (Å²) in [5.74, 6) is 0.132.